The predicted molar refractivity (Wildman–Crippen MR) is 189 cm³/mol. The maximum Gasteiger partial charge on any atom is 0.410 e. The number of anilines is 2. The number of benzene rings is 3. The molecular weight excluding hydrogens is 606 g/mol. The van der Waals surface area contributed by atoms with E-state index in [0.717, 1.165) is 52.8 Å². The minimum absolute atomic E-state index is 0.00925. The second-order valence-corrected chi connectivity index (χ2v) is 13.5. The van der Waals surface area contributed by atoms with Crippen LogP contribution in [0.25, 0.3) is 17.2 Å². The highest BCUT2D eigenvalue weighted by molar-refractivity contribution is 6.07. The van der Waals surface area contributed by atoms with E-state index in [0.29, 0.717) is 44.0 Å². The van der Waals surface area contributed by atoms with Crippen LogP contribution in [0.3, 0.4) is 0 Å². The highest BCUT2D eigenvalue weighted by atomic mass is 16.7. The zero-order valence-corrected chi connectivity index (χ0v) is 28.7. The number of carbonyl (C=O) groups excluding carboxylic acids is 3. The highest BCUT2D eigenvalue weighted by Crippen LogP contribution is 2.35. The third kappa shape index (κ3) is 9.55. The summed E-state index contributed by atoms with van der Waals surface area (Å²) in [5.41, 5.74) is 6.51. The number of ketones is 1. The van der Waals surface area contributed by atoms with E-state index in [1.807, 2.05) is 89.2 Å². The Morgan fingerprint density at radius 3 is 2.31 bits per heavy atom. The second kappa shape index (κ2) is 15.6. The van der Waals surface area contributed by atoms with E-state index in [1.165, 1.54) is 0 Å². The molecule has 1 unspecified atom stereocenters. The van der Waals surface area contributed by atoms with Crippen molar-refractivity contribution < 1.29 is 28.6 Å². The van der Waals surface area contributed by atoms with Gasteiger partial charge in [0.25, 0.3) is 5.91 Å². The van der Waals surface area contributed by atoms with E-state index < -0.39 is 5.60 Å². The van der Waals surface area contributed by atoms with E-state index in [9.17, 15) is 14.4 Å². The van der Waals surface area contributed by atoms with Crippen molar-refractivity contribution in [2.24, 2.45) is 0 Å². The van der Waals surface area contributed by atoms with Crippen molar-refractivity contribution in [3.63, 3.8) is 0 Å². The fourth-order valence-electron chi connectivity index (χ4n) is 5.79. The molecule has 0 aromatic heterocycles. The Bertz CT molecular complexity index is 1630. The van der Waals surface area contributed by atoms with Crippen LogP contribution in [0.5, 0.6) is 0 Å². The Balaban J connectivity index is 1.33. The summed E-state index contributed by atoms with van der Waals surface area (Å²) in [4.78, 5) is 42.4. The Kier molecular flexibility index (Phi) is 11.3. The standard InChI is InChI=1S/C39H47N3O6/c1-27-9-13-30(14-10-27)37(44)40-35-25-31(41-19-21-42(22-20-41)38(45)48-39(3,4)5)15-18-34(35)33-17-12-29(24-28(33)2)11-16-32(43)26-47-36-8-6-7-23-46-36/h9-18,24-25,36H,6-8,19-23,26H2,1-5H3,(H,40,44)/b16-11+. The monoisotopic (exact) mass is 653 g/mol. The van der Waals surface area contributed by atoms with Crippen molar-refractivity contribution in [2.75, 3.05) is 49.6 Å². The van der Waals surface area contributed by atoms with E-state index in [2.05, 4.69) is 16.3 Å². The quantitative estimate of drug-likeness (QED) is 0.240. The maximum absolute atomic E-state index is 13.4. The molecule has 0 saturated carbocycles. The van der Waals surface area contributed by atoms with Crippen LogP contribution in [-0.4, -0.2) is 74.0 Å². The summed E-state index contributed by atoms with van der Waals surface area (Å²) in [6.07, 6.45) is 5.63. The van der Waals surface area contributed by atoms with Gasteiger partial charge in [0.15, 0.2) is 12.1 Å². The van der Waals surface area contributed by atoms with Gasteiger partial charge in [-0.1, -0.05) is 48.0 Å². The van der Waals surface area contributed by atoms with Crippen molar-refractivity contribution in [1.29, 1.82) is 0 Å². The maximum atomic E-state index is 13.4. The third-order valence-corrected chi connectivity index (χ3v) is 8.41. The number of carbonyl (C=O) groups is 3. The van der Waals surface area contributed by atoms with Crippen molar-refractivity contribution in [2.45, 2.75) is 65.8 Å². The van der Waals surface area contributed by atoms with Gasteiger partial charge in [-0.3, -0.25) is 9.59 Å². The number of hydrogen-bond acceptors (Lipinski definition) is 7. The first-order valence-corrected chi connectivity index (χ1v) is 16.8. The van der Waals surface area contributed by atoms with Gasteiger partial charge in [-0.15, -0.1) is 0 Å². The number of hydrogen-bond donors (Lipinski definition) is 1. The summed E-state index contributed by atoms with van der Waals surface area (Å²) < 4.78 is 16.7. The van der Waals surface area contributed by atoms with Gasteiger partial charge in [0.2, 0.25) is 0 Å². The van der Waals surface area contributed by atoms with Crippen LogP contribution in [0.2, 0.25) is 0 Å². The molecule has 254 valence electrons. The Labute approximate surface area is 283 Å². The molecule has 0 bridgehead atoms. The molecule has 1 atom stereocenters. The molecule has 0 spiro atoms. The first kappa shape index (κ1) is 34.9. The molecule has 48 heavy (non-hydrogen) atoms. The van der Waals surface area contributed by atoms with E-state index in [1.54, 1.807) is 17.1 Å². The lowest BCUT2D eigenvalue weighted by Crippen LogP contribution is -2.50. The average Bonchev–Trinajstić information content (AvgIpc) is 3.06. The second-order valence-electron chi connectivity index (χ2n) is 13.5. The summed E-state index contributed by atoms with van der Waals surface area (Å²) in [5.74, 6) is -0.311. The first-order chi connectivity index (χ1) is 22.9. The SMILES string of the molecule is Cc1ccc(C(=O)Nc2cc(N3CCN(C(=O)OC(C)(C)C)CC3)ccc2-c2ccc(/C=C/C(=O)COC3CCCCO3)cc2C)cc1. The number of rotatable bonds is 9. The van der Waals surface area contributed by atoms with Crippen LogP contribution < -0.4 is 10.2 Å². The molecule has 0 aliphatic carbocycles. The van der Waals surface area contributed by atoms with Crippen LogP contribution in [0.15, 0.2) is 66.7 Å². The molecule has 2 heterocycles. The zero-order chi connectivity index (χ0) is 34.3. The summed E-state index contributed by atoms with van der Waals surface area (Å²) in [6, 6.07) is 19.6. The van der Waals surface area contributed by atoms with Gasteiger partial charge in [0, 0.05) is 49.6 Å². The van der Waals surface area contributed by atoms with Gasteiger partial charge >= 0.3 is 6.09 Å². The molecule has 3 aromatic rings. The Hall–Kier alpha value is -4.47. The van der Waals surface area contributed by atoms with Gasteiger partial charge < -0.3 is 29.3 Å². The molecule has 2 saturated heterocycles. The van der Waals surface area contributed by atoms with E-state index in [4.69, 9.17) is 14.2 Å². The van der Waals surface area contributed by atoms with Crippen molar-refractivity contribution >= 4 is 35.2 Å². The van der Waals surface area contributed by atoms with Crippen molar-refractivity contribution in [3.8, 4) is 11.1 Å². The van der Waals surface area contributed by atoms with Gasteiger partial charge in [0.05, 0.1) is 5.69 Å². The van der Waals surface area contributed by atoms with Crippen LogP contribution in [0.1, 0.15) is 67.1 Å². The zero-order valence-electron chi connectivity index (χ0n) is 28.7. The predicted octanol–water partition coefficient (Wildman–Crippen LogP) is 7.41. The molecule has 2 aliphatic heterocycles. The number of aryl methyl sites for hydroxylation is 2. The highest BCUT2D eigenvalue weighted by Gasteiger charge is 2.26. The largest absolute Gasteiger partial charge is 0.444 e. The Morgan fingerprint density at radius 2 is 1.65 bits per heavy atom. The lowest BCUT2D eigenvalue weighted by molar-refractivity contribution is -0.167. The minimum Gasteiger partial charge on any atom is -0.444 e. The normalized spacial score (nSPS) is 17.0. The van der Waals surface area contributed by atoms with Crippen molar-refractivity contribution in [3.05, 3.63) is 89.0 Å². The van der Waals surface area contributed by atoms with Gasteiger partial charge in [-0.05, 0) is 101 Å². The van der Waals surface area contributed by atoms with Gasteiger partial charge in [-0.25, -0.2) is 4.79 Å². The number of nitrogens with zero attached hydrogens (tertiary/aromatic N) is 2. The molecule has 9 nitrogen and oxygen atoms in total. The summed E-state index contributed by atoms with van der Waals surface area (Å²) in [6.45, 7) is 12.6. The lowest BCUT2D eigenvalue weighted by Gasteiger charge is -2.37. The number of ether oxygens (including phenoxy) is 3. The van der Waals surface area contributed by atoms with Crippen molar-refractivity contribution in [1.82, 2.24) is 4.90 Å². The first-order valence-electron chi connectivity index (χ1n) is 16.8. The third-order valence-electron chi connectivity index (χ3n) is 8.41. The summed E-state index contributed by atoms with van der Waals surface area (Å²) >= 11 is 0. The van der Waals surface area contributed by atoms with Crippen LogP contribution in [0, 0.1) is 13.8 Å². The average molecular weight is 654 g/mol. The lowest BCUT2D eigenvalue weighted by atomic mass is 9.96. The van der Waals surface area contributed by atoms with E-state index in [-0.39, 0.29) is 30.7 Å². The number of nitrogens with one attached hydrogen (secondary N) is 1. The van der Waals surface area contributed by atoms with Crippen LogP contribution >= 0.6 is 0 Å². The molecule has 3 aromatic carbocycles. The molecule has 1 N–H and O–H groups in total. The van der Waals surface area contributed by atoms with E-state index >= 15 is 0 Å². The summed E-state index contributed by atoms with van der Waals surface area (Å²) in [7, 11) is 0. The molecule has 2 fully saturated rings. The van der Waals surface area contributed by atoms with Crippen LogP contribution in [-0.2, 0) is 19.0 Å². The smallest absolute Gasteiger partial charge is 0.410 e. The molecule has 9 heteroatoms. The molecule has 2 aliphatic rings. The number of piperazine rings is 1. The van der Waals surface area contributed by atoms with Gasteiger partial charge in [-0.2, -0.15) is 0 Å². The number of amides is 2. The topological polar surface area (TPSA) is 97.4 Å². The Morgan fingerprint density at radius 1 is 0.917 bits per heavy atom. The molecule has 0 radical (unpaired) electrons. The molecule has 2 amide bonds. The minimum atomic E-state index is -0.544. The van der Waals surface area contributed by atoms with Crippen LogP contribution in [0.4, 0.5) is 16.2 Å². The molecular formula is C39H47N3O6. The summed E-state index contributed by atoms with van der Waals surface area (Å²) in [5, 5.41) is 3.17. The fraction of sp³-hybridized carbons (Fsp3) is 0.410. The van der Waals surface area contributed by atoms with Gasteiger partial charge in [0.1, 0.15) is 12.2 Å². The molecule has 5 rings (SSSR count). The fourth-order valence-corrected chi connectivity index (χ4v) is 5.79.